The number of benzene rings is 1. The van der Waals surface area contributed by atoms with Crippen molar-refractivity contribution >= 4 is 34.0 Å². The van der Waals surface area contributed by atoms with E-state index in [1.807, 2.05) is 36.4 Å². The van der Waals surface area contributed by atoms with E-state index >= 15 is 0 Å². The third-order valence-electron chi connectivity index (χ3n) is 2.51. The summed E-state index contributed by atoms with van der Waals surface area (Å²) in [6.07, 6.45) is 0. The van der Waals surface area contributed by atoms with Crippen LogP contribution in [0.15, 0.2) is 18.2 Å². The van der Waals surface area contributed by atoms with E-state index in [1.54, 1.807) is 6.07 Å². The van der Waals surface area contributed by atoms with Gasteiger partial charge in [-0.05, 0) is 34.6 Å². The van der Waals surface area contributed by atoms with Crippen LogP contribution in [-0.4, -0.2) is 22.7 Å². The van der Waals surface area contributed by atoms with E-state index in [-0.39, 0.29) is 24.3 Å². The first-order valence-electron chi connectivity index (χ1n) is 5.27. The Labute approximate surface area is 114 Å². The predicted molar refractivity (Wildman–Crippen MR) is 75.1 cm³/mol. The molecule has 0 saturated heterocycles. The van der Waals surface area contributed by atoms with Crippen LogP contribution < -0.4 is 5.32 Å². The zero-order valence-corrected chi connectivity index (χ0v) is 11.8. The Morgan fingerprint density at radius 3 is 2.59 bits per heavy atom. The highest BCUT2D eigenvalue weighted by atomic mass is 127. The van der Waals surface area contributed by atoms with Crippen molar-refractivity contribution in [2.45, 2.75) is 19.9 Å². The van der Waals surface area contributed by atoms with Crippen LogP contribution >= 0.6 is 22.6 Å². The zero-order chi connectivity index (χ0) is 13.0. The molecule has 0 fully saturated rings. The maximum Gasteiger partial charge on any atom is 0.270 e. The summed E-state index contributed by atoms with van der Waals surface area (Å²) in [7, 11) is 0. The highest BCUT2D eigenvalue weighted by Crippen LogP contribution is 2.25. The van der Waals surface area contributed by atoms with Gasteiger partial charge in [0.05, 0.1) is 17.6 Å². The van der Waals surface area contributed by atoms with Crippen LogP contribution in [-0.2, 0) is 0 Å². The first-order valence-corrected chi connectivity index (χ1v) is 6.35. The Morgan fingerprint density at radius 2 is 2.18 bits per heavy atom. The maximum absolute atomic E-state index is 10.6. The molecule has 0 unspecified atom stereocenters. The van der Waals surface area contributed by atoms with Gasteiger partial charge in [-0.25, -0.2) is 0 Å². The SMILES string of the molecule is CC(C)[C@@H](CO)Nc1ccc([N+](=O)[O-])cc1I. The van der Waals surface area contributed by atoms with Gasteiger partial charge in [0.25, 0.3) is 5.69 Å². The van der Waals surface area contributed by atoms with E-state index in [0.29, 0.717) is 0 Å². The van der Waals surface area contributed by atoms with E-state index in [4.69, 9.17) is 0 Å². The van der Waals surface area contributed by atoms with E-state index in [1.165, 1.54) is 12.1 Å². The molecule has 0 amide bonds. The fraction of sp³-hybridized carbons (Fsp3) is 0.455. The van der Waals surface area contributed by atoms with Crippen LogP contribution in [0.1, 0.15) is 13.8 Å². The van der Waals surface area contributed by atoms with Gasteiger partial charge in [-0.15, -0.1) is 0 Å². The van der Waals surface area contributed by atoms with Crippen LogP contribution in [0.4, 0.5) is 11.4 Å². The molecule has 6 heteroatoms. The molecule has 1 rings (SSSR count). The average molecular weight is 350 g/mol. The van der Waals surface area contributed by atoms with Crippen molar-refractivity contribution in [2.75, 3.05) is 11.9 Å². The number of anilines is 1. The van der Waals surface area contributed by atoms with Gasteiger partial charge in [0.2, 0.25) is 0 Å². The van der Waals surface area contributed by atoms with Gasteiger partial charge in [-0.2, -0.15) is 0 Å². The Hall–Kier alpha value is -0.890. The molecule has 5 nitrogen and oxygen atoms in total. The van der Waals surface area contributed by atoms with Crippen molar-refractivity contribution in [1.29, 1.82) is 0 Å². The van der Waals surface area contributed by atoms with Crippen molar-refractivity contribution in [3.05, 3.63) is 31.9 Å². The summed E-state index contributed by atoms with van der Waals surface area (Å²) in [6, 6.07) is 4.59. The van der Waals surface area contributed by atoms with Crippen molar-refractivity contribution < 1.29 is 10.0 Å². The van der Waals surface area contributed by atoms with Crippen LogP contribution in [0, 0.1) is 19.6 Å². The summed E-state index contributed by atoms with van der Waals surface area (Å²) in [5.74, 6) is 0.283. The van der Waals surface area contributed by atoms with Gasteiger partial charge in [0, 0.05) is 21.4 Å². The number of aliphatic hydroxyl groups is 1. The van der Waals surface area contributed by atoms with Gasteiger partial charge in [0.1, 0.15) is 0 Å². The minimum Gasteiger partial charge on any atom is -0.394 e. The lowest BCUT2D eigenvalue weighted by molar-refractivity contribution is -0.384. The molecule has 0 radical (unpaired) electrons. The van der Waals surface area contributed by atoms with Crippen molar-refractivity contribution in [3.63, 3.8) is 0 Å². The minimum absolute atomic E-state index is 0.0325. The largest absolute Gasteiger partial charge is 0.394 e. The lowest BCUT2D eigenvalue weighted by atomic mass is 10.1. The molecular weight excluding hydrogens is 335 g/mol. The number of hydrogen-bond donors (Lipinski definition) is 2. The predicted octanol–water partition coefficient (Wildman–Crippen LogP) is 2.63. The Balaban J connectivity index is 2.89. The van der Waals surface area contributed by atoms with E-state index in [9.17, 15) is 15.2 Å². The molecule has 1 aromatic carbocycles. The Kier molecular flexibility index (Phi) is 5.13. The molecule has 0 aliphatic carbocycles. The van der Waals surface area contributed by atoms with Gasteiger partial charge >= 0.3 is 0 Å². The van der Waals surface area contributed by atoms with Crippen LogP contribution in [0.5, 0.6) is 0 Å². The molecule has 2 N–H and O–H groups in total. The fourth-order valence-electron chi connectivity index (χ4n) is 1.36. The molecule has 0 saturated carbocycles. The summed E-state index contributed by atoms with van der Waals surface area (Å²) >= 11 is 2.04. The molecular formula is C11H15IN2O3. The van der Waals surface area contributed by atoms with Crippen LogP contribution in [0.3, 0.4) is 0 Å². The van der Waals surface area contributed by atoms with Gasteiger partial charge in [0.15, 0.2) is 0 Å². The number of aliphatic hydroxyl groups excluding tert-OH is 1. The number of nitro benzene ring substituents is 1. The standard InChI is InChI=1S/C11H15IN2O3/c1-7(2)11(6-15)13-10-4-3-8(14(16)17)5-9(10)12/h3-5,7,11,13,15H,6H2,1-2H3/t11-/m1/s1. The van der Waals surface area contributed by atoms with Gasteiger partial charge in [-0.1, -0.05) is 13.8 Å². The van der Waals surface area contributed by atoms with E-state index in [2.05, 4.69) is 5.32 Å². The third kappa shape index (κ3) is 3.81. The Morgan fingerprint density at radius 1 is 1.53 bits per heavy atom. The summed E-state index contributed by atoms with van der Waals surface area (Å²) in [6.45, 7) is 4.04. The van der Waals surface area contributed by atoms with Crippen LogP contribution in [0.25, 0.3) is 0 Å². The number of rotatable bonds is 5. The number of halogens is 1. The summed E-state index contributed by atoms with van der Waals surface area (Å²) in [5.41, 5.74) is 0.883. The lowest BCUT2D eigenvalue weighted by Gasteiger charge is -2.21. The molecule has 17 heavy (non-hydrogen) atoms. The van der Waals surface area contributed by atoms with Gasteiger partial charge < -0.3 is 10.4 Å². The second kappa shape index (κ2) is 6.15. The van der Waals surface area contributed by atoms with Crippen molar-refractivity contribution in [1.82, 2.24) is 0 Å². The first-order chi connectivity index (χ1) is 7.95. The second-order valence-electron chi connectivity index (χ2n) is 4.10. The smallest absolute Gasteiger partial charge is 0.270 e. The van der Waals surface area contributed by atoms with Crippen LogP contribution in [0.2, 0.25) is 0 Å². The second-order valence-corrected chi connectivity index (χ2v) is 5.26. The maximum atomic E-state index is 10.6. The number of non-ortho nitro benzene ring substituents is 1. The third-order valence-corrected chi connectivity index (χ3v) is 3.40. The molecule has 0 aliphatic heterocycles. The summed E-state index contributed by atoms with van der Waals surface area (Å²) in [4.78, 5) is 10.2. The Bertz CT molecular complexity index is 410. The molecule has 1 atom stereocenters. The zero-order valence-electron chi connectivity index (χ0n) is 9.68. The fourth-order valence-corrected chi connectivity index (χ4v) is 2.01. The molecule has 0 aliphatic rings. The summed E-state index contributed by atoms with van der Waals surface area (Å²) in [5, 5.41) is 23.0. The minimum atomic E-state index is -0.419. The number of nitro groups is 1. The number of hydrogen-bond acceptors (Lipinski definition) is 4. The van der Waals surface area contributed by atoms with Crippen molar-refractivity contribution in [2.24, 2.45) is 5.92 Å². The first kappa shape index (κ1) is 14.2. The molecule has 0 aromatic heterocycles. The topological polar surface area (TPSA) is 75.4 Å². The monoisotopic (exact) mass is 350 g/mol. The lowest BCUT2D eigenvalue weighted by Crippen LogP contribution is -2.29. The number of nitrogens with zero attached hydrogens (tertiary/aromatic N) is 1. The molecule has 0 bridgehead atoms. The average Bonchev–Trinajstić information content (AvgIpc) is 2.26. The quantitative estimate of drug-likeness (QED) is 0.486. The highest BCUT2D eigenvalue weighted by molar-refractivity contribution is 14.1. The highest BCUT2D eigenvalue weighted by Gasteiger charge is 2.15. The van der Waals surface area contributed by atoms with Gasteiger partial charge in [-0.3, -0.25) is 10.1 Å². The van der Waals surface area contributed by atoms with Crippen molar-refractivity contribution in [3.8, 4) is 0 Å². The molecule has 94 valence electrons. The summed E-state index contributed by atoms with van der Waals surface area (Å²) < 4.78 is 0.774. The normalized spacial score (nSPS) is 12.5. The van der Waals surface area contributed by atoms with E-state index < -0.39 is 4.92 Å². The molecule has 0 spiro atoms. The molecule has 0 heterocycles. The number of nitrogens with one attached hydrogen (secondary N) is 1. The van der Waals surface area contributed by atoms with E-state index in [0.717, 1.165) is 9.26 Å². The molecule has 1 aromatic rings.